The number of nitrogen functional groups attached to an aromatic ring is 1. The van der Waals surface area contributed by atoms with Gasteiger partial charge in [0.1, 0.15) is 11.3 Å². The third kappa shape index (κ3) is 2.66. The summed E-state index contributed by atoms with van der Waals surface area (Å²) in [5.74, 6) is -0.335. The van der Waals surface area contributed by atoms with Crippen molar-refractivity contribution in [3.8, 4) is 0 Å². The highest BCUT2D eigenvalue weighted by atomic mass is 19.1. The van der Waals surface area contributed by atoms with Gasteiger partial charge in [0.05, 0.1) is 18.4 Å². The van der Waals surface area contributed by atoms with Crippen molar-refractivity contribution in [2.24, 2.45) is 0 Å². The average molecular weight is 305 g/mol. The van der Waals surface area contributed by atoms with Gasteiger partial charge >= 0.3 is 0 Å². The van der Waals surface area contributed by atoms with Crippen LogP contribution in [-0.2, 0) is 0 Å². The normalized spacial score (nSPS) is 17.5. The van der Waals surface area contributed by atoms with Crippen LogP contribution in [0.2, 0.25) is 0 Å². The van der Waals surface area contributed by atoms with Crippen molar-refractivity contribution in [1.29, 1.82) is 0 Å². The number of amides is 1. The van der Waals surface area contributed by atoms with Gasteiger partial charge in [-0.25, -0.2) is 4.39 Å². The van der Waals surface area contributed by atoms with E-state index in [1.54, 1.807) is 12.1 Å². The summed E-state index contributed by atoms with van der Waals surface area (Å²) >= 11 is 0. The number of halogens is 1. The summed E-state index contributed by atoms with van der Waals surface area (Å²) in [7, 11) is 0. The Morgan fingerprint density at radius 3 is 2.95 bits per heavy atom. The van der Waals surface area contributed by atoms with Gasteiger partial charge in [-0.3, -0.25) is 4.79 Å². The van der Waals surface area contributed by atoms with Gasteiger partial charge in [-0.2, -0.15) is 0 Å². The zero-order chi connectivity index (χ0) is 15.7. The minimum Gasteiger partial charge on any atom is -0.463 e. The van der Waals surface area contributed by atoms with Gasteiger partial charge in [0, 0.05) is 11.1 Å². The number of rotatable bonds is 3. The van der Waals surface area contributed by atoms with Crippen molar-refractivity contribution in [2.75, 3.05) is 25.4 Å². The fourth-order valence-electron chi connectivity index (χ4n) is 2.86. The third-order valence-electron chi connectivity index (χ3n) is 4.30. The first kappa shape index (κ1) is 14.8. The molecule has 0 radical (unpaired) electrons. The number of nitrogens with two attached hydrogens (primary N) is 1. The minimum atomic E-state index is -1.34. The molecule has 0 saturated carbocycles. The molecule has 1 saturated heterocycles. The van der Waals surface area contributed by atoms with Crippen molar-refractivity contribution in [3.05, 3.63) is 29.5 Å². The summed E-state index contributed by atoms with van der Waals surface area (Å²) < 4.78 is 19.9. The SMILES string of the molecule is Cc1cc(C(=O)NCC2(F)CCNCC2)c2occc2c1N. The molecular weight excluding hydrogens is 285 g/mol. The molecule has 3 rings (SSSR count). The first-order valence-electron chi connectivity index (χ1n) is 7.44. The highest BCUT2D eigenvalue weighted by Crippen LogP contribution is 2.29. The van der Waals surface area contributed by atoms with Crippen molar-refractivity contribution < 1.29 is 13.6 Å². The molecule has 0 unspecified atom stereocenters. The predicted molar refractivity (Wildman–Crippen MR) is 83.6 cm³/mol. The van der Waals surface area contributed by atoms with Gasteiger partial charge < -0.3 is 20.8 Å². The van der Waals surface area contributed by atoms with Crippen LogP contribution in [0.4, 0.5) is 10.1 Å². The fourth-order valence-corrected chi connectivity index (χ4v) is 2.86. The van der Waals surface area contributed by atoms with Crippen LogP contribution in [0.25, 0.3) is 11.0 Å². The third-order valence-corrected chi connectivity index (χ3v) is 4.30. The number of carbonyl (C=O) groups excluding carboxylic acids is 1. The number of benzene rings is 1. The number of fused-ring (bicyclic) bond motifs is 1. The number of piperidine rings is 1. The second-order valence-electron chi connectivity index (χ2n) is 5.90. The topological polar surface area (TPSA) is 80.3 Å². The van der Waals surface area contributed by atoms with Crippen LogP contribution in [0.3, 0.4) is 0 Å². The summed E-state index contributed by atoms with van der Waals surface area (Å²) in [4.78, 5) is 12.4. The molecule has 4 N–H and O–H groups in total. The van der Waals surface area contributed by atoms with E-state index < -0.39 is 5.67 Å². The van der Waals surface area contributed by atoms with Crippen molar-refractivity contribution in [1.82, 2.24) is 10.6 Å². The standard InChI is InChI=1S/C16H20FN3O2/c1-10-8-12(14-11(13(10)18)2-7-22-14)15(21)20-9-16(17)3-5-19-6-4-16/h2,7-8,19H,3-6,9,18H2,1H3,(H,20,21). The zero-order valence-electron chi connectivity index (χ0n) is 12.5. The molecule has 1 fully saturated rings. The quantitative estimate of drug-likeness (QED) is 0.759. The van der Waals surface area contributed by atoms with E-state index in [0.29, 0.717) is 48.2 Å². The highest BCUT2D eigenvalue weighted by Gasteiger charge is 2.32. The maximum absolute atomic E-state index is 14.5. The van der Waals surface area contributed by atoms with Crippen molar-refractivity contribution >= 4 is 22.6 Å². The molecule has 1 aliphatic heterocycles. The Morgan fingerprint density at radius 2 is 2.23 bits per heavy atom. The van der Waals surface area contributed by atoms with E-state index in [4.69, 9.17) is 10.2 Å². The lowest BCUT2D eigenvalue weighted by Crippen LogP contribution is -2.46. The number of furan rings is 1. The van der Waals surface area contributed by atoms with Gasteiger partial charge in [-0.15, -0.1) is 0 Å². The van der Waals surface area contributed by atoms with Gasteiger partial charge in [0.2, 0.25) is 0 Å². The zero-order valence-corrected chi connectivity index (χ0v) is 12.5. The summed E-state index contributed by atoms with van der Waals surface area (Å²) in [6.07, 6.45) is 2.31. The van der Waals surface area contributed by atoms with E-state index in [-0.39, 0.29) is 12.5 Å². The molecule has 0 bridgehead atoms. The highest BCUT2D eigenvalue weighted by molar-refractivity contribution is 6.08. The van der Waals surface area contributed by atoms with Crippen molar-refractivity contribution in [3.63, 3.8) is 0 Å². The lowest BCUT2D eigenvalue weighted by molar-refractivity contribution is 0.0837. The van der Waals surface area contributed by atoms with Gasteiger partial charge in [0.25, 0.3) is 5.91 Å². The number of nitrogens with one attached hydrogen (secondary N) is 2. The summed E-state index contributed by atoms with van der Waals surface area (Å²) in [5.41, 5.74) is 6.88. The number of hydrogen-bond donors (Lipinski definition) is 3. The smallest absolute Gasteiger partial charge is 0.255 e. The first-order valence-corrected chi connectivity index (χ1v) is 7.44. The molecule has 6 heteroatoms. The summed E-state index contributed by atoms with van der Waals surface area (Å²) in [6, 6.07) is 3.42. The van der Waals surface area contributed by atoms with Crippen LogP contribution in [0.5, 0.6) is 0 Å². The second-order valence-corrected chi connectivity index (χ2v) is 5.90. The van der Waals surface area contributed by atoms with E-state index in [2.05, 4.69) is 10.6 Å². The second kappa shape index (κ2) is 5.61. The van der Waals surface area contributed by atoms with Gasteiger partial charge in [0.15, 0.2) is 0 Å². The molecule has 1 aliphatic rings. The molecule has 0 atom stereocenters. The van der Waals surface area contributed by atoms with Crippen molar-refractivity contribution in [2.45, 2.75) is 25.4 Å². The molecule has 0 spiro atoms. The molecule has 2 aromatic rings. The van der Waals surface area contributed by atoms with Crippen LogP contribution < -0.4 is 16.4 Å². The van der Waals surface area contributed by atoms with Crippen LogP contribution in [0, 0.1) is 6.92 Å². The number of hydrogen-bond acceptors (Lipinski definition) is 4. The van der Waals surface area contributed by atoms with Gasteiger partial charge in [-0.1, -0.05) is 0 Å². The molecule has 22 heavy (non-hydrogen) atoms. The van der Waals surface area contributed by atoms with Gasteiger partial charge in [-0.05, 0) is 50.6 Å². The lowest BCUT2D eigenvalue weighted by Gasteiger charge is -2.30. The Morgan fingerprint density at radius 1 is 1.50 bits per heavy atom. The van der Waals surface area contributed by atoms with E-state index in [1.165, 1.54) is 6.26 Å². The first-order chi connectivity index (χ1) is 10.5. The Labute approximate surface area is 128 Å². The van der Waals surface area contributed by atoms with Crippen LogP contribution in [0.15, 0.2) is 22.8 Å². The van der Waals surface area contributed by atoms with E-state index in [1.807, 2.05) is 6.92 Å². The number of anilines is 1. The Kier molecular flexibility index (Phi) is 3.78. The van der Waals surface area contributed by atoms with E-state index >= 15 is 0 Å². The number of carbonyl (C=O) groups is 1. The molecular formula is C16H20FN3O2. The Bertz CT molecular complexity index is 705. The number of alkyl halides is 1. The maximum Gasteiger partial charge on any atom is 0.255 e. The number of aryl methyl sites for hydroxylation is 1. The van der Waals surface area contributed by atoms with E-state index in [9.17, 15) is 9.18 Å². The van der Waals surface area contributed by atoms with Crippen LogP contribution in [0.1, 0.15) is 28.8 Å². The largest absolute Gasteiger partial charge is 0.463 e. The molecule has 0 aliphatic carbocycles. The monoisotopic (exact) mass is 305 g/mol. The van der Waals surface area contributed by atoms with E-state index in [0.717, 1.165) is 5.56 Å². The molecule has 118 valence electrons. The maximum atomic E-state index is 14.5. The predicted octanol–water partition coefficient (Wildman–Crippen LogP) is 2.14. The van der Waals surface area contributed by atoms with Crippen LogP contribution in [-0.4, -0.2) is 31.2 Å². The summed E-state index contributed by atoms with van der Waals surface area (Å²) in [6.45, 7) is 3.12. The lowest BCUT2D eigenvalue weighted by atomic mass is 9.94. The molecule has 2 heterocycles. The fraction of sp³-hybridized carbons (Fsp3) is 0.438. The Hall–Kier alpha value is -2.08. The minimum absolute atomic E-state index is 0.0130. The molecule has 1 aromatic heterocycles. The average Bonchev–Trinajstić information content (AvgIpc) is 2.99. The molecule has 5 nitrogen and oxygen atoms in total. The van der Waals surface area contributed by atoms with Crippen LogP contribution >= 0.6 is 0 Å². The molecule has 1 amide bonds. The molecule has 1 aromatic carbocycles. The Balaban J connectivity index is 1.81. The summed E-state index contributed by atoms with van der Waals surface area (Å²) in [5, 5.41) is 6.52.